The van der Waals surface area contributed by atoms with E-state index in [1.807, 2.05) is 0 Å². The van der Waals surface area contributed by atoms with Crippen molar-refractivity contribution in [3.05, 3.63) is 70.8 Å². The third-order valence-corrected chi connectivity index (χ3v) is 4.52. The number of alkyl halides is 3. The molecule has 0 radical (unpaired) electrons. The van der Waals surface area contributed by atoms with Crippen molar-refractivity contribution < 1.29 is 37.1 Å². The van der Waals surface area contributed by atoms with Gasteiger partial charge in [-0.2, -0.15) is 13.2 Å². The number of halogens is 3. The summed E-state index contributed by atoms with van der Waals surface area (Å²) in [6.45, 7) is -0.698. The molecule has 0 N–H and O–H groups in total. The molecule has 0 unspecified atom stereocenters. The largest absolute Gasteiger partial charge is 0.457 e. The fourth-order valence-electron chi connectivity index (χ4n) is 2.99. The van der Waals surface area contributed by atoms with Gasteiger partial charge in [0.1, 0.15) is 0 Å². The molecule has 1 heterocycles. The lowest BCUT2D eigenvalue weighted by molar-refractivity contribution is -0.142. The van der Waals surface area contributed by atoms with Crippen LogP contribution in [0.3, 0.4) is 0 Å². The number of ether oxygens (including phenoxy) is 1. The van der Waals surface area contributed by atoms with Gasteiger partial charge in [0.25, 0.3) is 11.8 Å². The first-order chi connectivity index (χ1) is 14.2. The van der Waals surface area contributed by atoms with E-state index in [1.165, 1.54) is 6.07 Å². The van der Waals surface area contributed by atoms with Crippen LogP contribution < -0.4 is 0 Å². The Bertz CT molecular complexity index is 981. The van der Waals surface area contributed by atoms with Crippen molar-refractivity contribution in [2.24, 2.45) is 0 Å². The fourth-order valence-corrected chi connectivity index (χ4v) is 2.99. The molecule has 0 aromatic heterocycles. The zero-order valence-corrected chi connectivity index (χ0v) is 15.6. The minimum Gasteiger partial charge on any atom is -0.457 e. The van der Waals surface area contributed by atoms with E-state index in [4.69, 9.17) is 4.74 Å². The Balaban J connectivity index is 1.46. The lowest BCUT2D eigenvalue weighted by atomic mass is 10.1. The molecule has 0 saturated heterocycles. The van der Waals surface area contributed by atoms with Gasteiger partial charge >= 0.3 is 12.1 Å². The van der Waals surface area contributed by atoms with Gasteiger partial charge in [-0.25, -0.2) is 0 Å². The highest BCUT2D eigenvalue weighted by Crippen LogP contribution is 2.29. The third-order valence-electron chi connectivity index (χ3n) is 4.52. The lowest BCUT2D eigenvalue weighted by Crippen LogP contribution is -2.31. The van der Waals surface area contributed by atoms with Gasteiger partial charge < -0.3 is 4.74 Å². The Morgan fingerprint density at radius 2 is 1.57 bits per heavy atom. The van der Waals surface area contributed by atoms with Crippen LogP contribution in [0.25, 0.3) is 0 Å². The molecule has 6 nitrogen and oxygen atoms in total. The van der Waals surface area contributed by atoms with Crippen molar-refractivity contribution in [2.75, 3.05) is 13.2 Å². The van der Waals surface area contributed by atoms with Crippen LogP contribution in [0.4, 0.5) is 13.2 Å². The Hall–Kier alpha value is -3.49. The summed E-state index contributed by atoms with van der Waals surface area (Å²) in [7, 11) is 0. The summed E-state index contributed by atoms with van der Waals surface area (Å²) in [5.41, 5.74) is -0.585. The maximum absolute atomic E-state index is 12.7. The smallest absolute Gasteiger partial charge is 0.416 e. The van der Waals surface area contributed by atoms with Crippen molar-refractivity contribution in [1.82, 2.24) is 4.90 Å². The zero-order chi connectivity index (χ0) is 21.9. The first-order valence-corrected chi connectivity index (χ1v) is 9.00. The van der Waals surface area contributed by atoms with Gasteiger partial charge in [-0.1, -0.05) is 24.3 Å². The Morgan fingerprint density at radius 3 is 2.17 bits per heavy atom. The number of ketones is 1. The molecule has 1 aliphatic rings. The van der Waals surface area contributed by atoms with E-state index >= 15 is 0 Å². The van der Waals surface area contributed by atoms with Gasteiger partial charge in [0.15, 0.2) is 12.4 Å². The van der Waals surface area contributed by atoms with E-state index in [0.29, 0.717) is 17.2 Å². The SMILES string of the molecule is O=C(CCCN1C(=O)c2ccccc2C1=O)OCC(=O)c1cccc(C(F)(F)F)c1. The number of esters is 1. The topological polar surface area (TPSA) is 80.8 Å². The number of hydrogen-bond acceptors (Lipinski definition) is 5. The number of nitrogens with zero attached hydrogens (tertiary/aromatic N) is 1. The van der Waals surface area contributed by atoms with Gasteiger partial charge in [0.05, 0.1) is 16.7 Å². The van der Waals surface area contributed by atoms with E-state index in [2.05, 4.69) is 0 Å². The molecule has 9 heteroatoms. The number of Topliss-reactive ketones (excluding diaryl/α,β-unsaturated/α-hetero) is 1. The van der Waals surface area contributed by atoms with Crippen LogP contribution in [-0.4, -0.2) is 41.6 Å². The molecule has 156 valence electrons. The van der Waals surface area contributed by atoms with Gasteiger partial charge in [0.2, 0.25) is 0 Å². The molecule has 0 saturated carbocycles. The number of imide groups is 1. The molecule has 0 aliphatic carbocycles. The summed E-state index contributed by atoms with van der Waals surface area (Å²) < 4.78 is 42.9. The van der Waals surface area contributed by atoms with Crippen LogP contribution >= 0.6 is 0 Å². The minimum absolute atomic E-state index is 0.00300. The second kappa shape index (κ2) is 8.48. The molecule has 3 rings (SSSR count). The Kier molecular flexibility index (Phi) is 6.00. The van der Waals surface area contributed by atoms with Crippen molar-refractivity contribution in [1.29, 1.82) is 0 Å². The fraction of sp³-hybridized carbons (Fsp3) is 0.238. The number of hydrogen-bond donors (Lipinski definition) is 0. The van der Waals surface area contributed by atoms with Gasteiger partial charge in [-0.15, -0.1) is 0 Å². The molecular formula is C21H16F3NO5. The van der Waals surface area contributed by atoms with Crippen LogP contribution in [-0.2, 0) is 15.7 Å². The number of carbonyl (C=O) groups excluding carboxylic acids is 4. The maximum Gasteiger partial charge on any atom is 0.416 e. The monoisotopic (exact) mass is 419 g/mol. The van der Waals surface area contributed by atoms with Crippen molar-refractivity contribution in [3.8, 4) is 0 Å². The molecule has 0 fully saturated rings. The van der Waals surface area contributed by atoms with E-state index in [1.54, 1.807) is 24.3 Å². The summed E-state index contributed by atoms with van der Waals surface area (Å²) in [4.78, 5) is 49.3. The maximum atomic E-state index is 12.7. The van der Waals surface area contributed by atoms with Crippen LogP contribution in [0.5, 0.6) is 0 Å². The molecule has 2 aromatic carbocycles. The first kappa shape index (κ1) is 21.2. The molecular weight excluding hydrogens is 403 g/mol. The van der Waals surface area contributed by atoms with Crippen LogP contribution in [0.2, 0.25) is 0 Å². The minimum atomic E-state index is -4.59. The number of amides is 2. The zero-order valence-electron chi connectivity index (χ0n) is 15.6. The van der Waals surface area contributed by atoms with Crippen molar-refractivity contribution in [3.63, 3.8) is 0 Å². The van der Waals surface area contributed by atoms with E-state index in [0.717, 1.165) is 17.0 Å². The third kappa shape index (κ3) is 4.56. The average Bonchev–Trinajstić information content (AvgIpc) is 2.96. The first-order valence-electron chi connectivity index (χ1n) is 9.00. The summed E-state index contributed by atoms with van der Waals surface area (Å²) in [5.74, 6) is -2.41. The molecule has 0 atom stereocenters. The molecule has 1 aliphatic heterocycles. The van der Waals surface area contributed by atoms with Crippen LogP contribution in [0, 0.1) is 0 Å². The summed E-state index contributed by atoms with van der Waals surface area (Å²) in [6.07, 6.45) is -4.62. The average molecular weight is 419 g/mol. The summed E-state index contributed by atoms with van der Waals surface area (Å²) in [5, 5.41) is 0. The molecule has 0 spiro atoms. The quantitative estimate of drug-likeness (QED) is 0.390. The Labute approximate surface area is 169 Å². The second-order valence-electron chi connectivity index (χ2n) is 6.57. The second-order valence-corrected chi connectivity index (χ2v) is 6.57. The summed E-state index contributed by atoms with van der Waals surface area (Å²) in [6, 6.07) is 10.2. The van der Waals surface area contributed by atoms with Gasteiger partial charge in [-0.05, 0) is 30.7 Å². The Morgan fingerprint density at radius 1 is 0.933 bits per heavy atom. The predicted molar refractivity (Wildman–Crippen MR) is 97.8 cm³/mol. The van der Waals surface area contributed by atoms with Crippen molar-refractivity contribution in [2.45, 2.75) is 19.0 Å². The van der Waals surface area contributed by atoms with E-state index < -0.39 is 41.9 Å². The highest BCUT2D eigenvalue weighted by atomic mass is 19.4. The van der Waals surface area contributed by atoms with E-state index in [-0.39, 0.29) is 24.9 Å². The molecule has 30 heavy (non-hydrogen) atoms. The normalized spacial score (nSPS) is 13.4. The predicted octanol–water partition coefficient (Wildman–Crippen LogP) is 3.51. The highest BCUT2D eigenvalue weighted by Gasteiger charge is 2.34. The molecule has 2 amide bonds. The standard InChI is InChI=1S/C21H16F3NO5/c22-21(23,24)14-6-3-5-13(11-14)17(26)12-30-18(27)9-4-10-25-19(28)15-7-1-2-8-16(15)20(25)29/h1-3,5-8,11H,4,9-10,12H2. The van der Waals surface area contributed by atoms with Crippen LogP contribution in [0.15, 0.2) is 48.5 Å². The number of fused-ring (bicyclic) bond motifs is 1. The number of rotatable bonds is 7. The van der Waals surface area contributed by atoms with E-state index in [9.17, 15) is 32.3 Å². The highest BCUT2D eigenvalue weighted by molar-refractivity contribution is 6.21. The summed E-state index contributed by atoms with van der Waals surface area (Å²) >= 11 is 0. The number of carbonyl (C=O) groups is 4. The van der Waals surface area contributed by atoms with Gasteiger partial charge in [-0.3, -0.25) is 24.1 Å². The van der Waals surface area contributed by atoms with Crippen LogP contribution in [0.1, 0.15) is 49.5 Å². The van der Waals surface area contributed by atoms with Crippen molar-refractivity contribution >= 4 is 23.6 Å². The number of benzene rings is 2. The molecule has 0 bridgehead atoms. The molecule has 2 aromatic rings. The lowest BCUT2D eigenvalue weighted by Gasteiger charge is -2.13. The van der Waals surface area contributed by atoms with Gasteiger partial charge in [0, 0.05) is 18.5 Å².